The van der Waals surface area contributed by atoms with E-state index in [4.69, 9.17) is 4.74 Å². The van der Waals surface area contributed by atoms with Crippen molar-refractivity contribution >= 4 is 28.5 Å². The molecule has 1 heterocycles. The van der Waals surface area contributed by atoms with Crippen LogP contribution >= 0.6 is 0 Å². The van der Waals surface area contributed by atoms with Gasteiger partial charge >= 0.3 is 5.97 Å². The summed E-state index contributed by atoms with van der Waals surface area (Å²) in [6.07, 6.45) is 1.51. The molecular formula is C18H15FN2O3. The Morgan fingerprint density at radius 1 is 1.17 bits per heavy atom. The van der Waals surface area contributed by atoms with Gasteiger partial charge in [0.1, 0.15) is 5.82 Å². The second kappa shape index (κ2) is 6.54. The predicted octanol–water partition coefficient (Wildman–Crippen LogP) is 3.74. The van der Waals surface area contributed by atoms with Gasteiger partial charge in [0.2, 0.25) is 0 Å². The number of H-pyrrole nitrogens is 1. The van der Waals surface area contributed by atoms with E-state index in [1.54, 1.807) is 31.2 Å². The molecular weight excluding hydrogens is 311 g/mol. The Labute approximate surface area is 137 Å². The summed E-state index contributed by atoms with van der Waals surface area (Å²) in [5, 5.41) is 3.31. The summed E-state index contributed by atoms with van der Waals surface area (Å²) in [5.41, 5.74) is 1.53. The van der Waals surface area contributed by atoms with Crippen LogP contribution in [0.15, 0.2) is 48.7 Å². The lowest BCUT2D eigenvalue weighted by atomic mass is 10.1. The quantitative estimate of drug-likeness (QED) is 0.718. The summed E-state index contributed by atoms with van der Waals surface area (Å²) in [6, 6.07) is 10.8. The van der Waals surface area contributed by atoms with Gasteiger partial charge in [-0.15, -0.1) is 0 Å². The molecule has 0 unspecified atom stereocenters. The fraction of sp³-hybridized carbons (Fsp3) is 0.111. The Morgan fingerprint density at radius 3 is 2.75 bits per heavy atom. The van der Waals surface area contributed by atoms with Crippen LogP contribution in [-0.4, -0.2) is 23.5 Å². The van der Waals surface area contributed by atoms with E-state index in [9.17, 15) is 14.0 Å². The molecule has 0 atom stereocenters. The topological polar surface area (TPSA) is 71.2 Å². The lowest BCUT2D eigenvalue weighted by Crippen LogP contribution is -2.15. The number of hydrogen-bond acceptors (Lipinski definition) is 3. The molecule has 24 heavy (non-hydrogen) atoms. The van der Waals surface area contributed by atoms with Crippen LogP contribution in [0.25, 0.3) is 10.9 Å². The smallest absolute Gasteiger partial charge is 0.340 e. The first-order valence-corrected chi connectivity index (χ1v) is 7.44. The van der Waals surface area contributed by atoms with E-state index in [0.29, 0.717) is 22.2 Å². The number of esters is 1. The van der Waals surface area contributed by atoms with E-state index in [2.05, 4.69) is 10.3 Å². The van der Waals surface area contributed by atoms with Crippen molar-refractivity contribution in [3.63, 3.8) is 0 Å². The molecule has 0 aliphatic heterocycles. The van der Waals surface area contributed by atoms with Crippen LogP contribution in [0.4, 0.5) is 10.1 Å². The van der Waals surface area contributed by atoms with Gasteiger partial charge in [-0.1, -0.05) is 12.1 Å². The first-order valence-electron chi connectivity index (χ1n) is 7.44. The second-order valence-corrected chi connectivity index (χ2v) is 5.11. The average molecular weight is 326 g/mol. The molecule has 0 radical (unpaired) electrons. The van der Waals surface area contributed by atoms with Gasteiger partial charge in [-0.05, 0) is 37.3 Å². The minimum absolute atomic E-state index is 0.245. The Hall–Kier alpha value is -3.15. The number of aromatic amines is 1. The highest BCUT2D eigenvalue weighted by Crippen LogP contribution is 2.22. The SMILES string of the molecule is CCOC(=O)c1ccccc1NC(=O)c1c[nH]c2cc(F)ccc12. The third kappa shape index (κ3) is 2.99. The third-order valence-electron chi connectivity index (χ3n) is 3.56. The molecule has 0 aliphatic rings. The number of nitrogens with one attached hydrogen (secondary N) is 2. The zero-order valence-electron chi connectivity index (χ0n) is 12.9. The van der Waals surface area contributed by atoms with Crippen LogP contribution in [0.2, 0.25) is 0 Å². The molecule has 5 nitrogen and oxygen atoms in total. The number of halogens is 1. The molecule has 2 aromatic carbocycles. The van der Waals surface area contributed by atoms with E-state index in [-0.39, 0.29) is 18.0 Å². The number of hydrogen-bond donors (Lipinski definition) is 2. The van der Waals surface area contributed by atoms with Crippen LogP contribution in [0.3, 0.4) is 0 Å². The molecule has 2 N–H and O–H groups in total. The number of carbonyl (C=O) groups excluding carboxylic acids is 2. The third-order valence-corrected chi connectivity index (χ3v) is 3.56. The van der Waals surface area contributed by atoms with Crippen molar-refractivity contribution in [3.8, 4) is 0 Å². The normalized spacial score (nSPS) is 10.6. The number of ether oxygens (including phenoxy) is 1. The average Bonchev–Trinajstić information content (AvgIpc) is 2.98. The second-order valence-electron chi connectivity index (χ2n) is 5.11. The molecule has 0 fully saturated rings. The molecule has 1 amide bonds. The van der Waals surface area contributed by atoms with Crippen LogP contribution in [0.1, 0.15) is 27.6 Å². The zero-order chi connectivity index (χ0) is 17.1. The molecule has 1 aromatic heterocycles. The lowest BCUT2D eigenvalue weighted by molar-refractivity contribution is 0.0527. The van der Waals surface area contributed by atoms with Gasteiger partial charge in [0, 0.05) is 17.1 Å². The molecule has 0 saturated heterocycles. The van der Waals surface area contributed by atoms with E-state index in [1.807, 2.05) is 0 Å². The standard InChI is InChI=1S/C18H15FN2O3/c1-2-24-18(23)13-5-3-4-6-15(13)21-17(22)14-10-20-16-9-11(19)7-8-12(14)16/h3-10,20H,2H2,1H3,(H,21,22). The molecule has 0 aliphatic carbocycles. The highest BCUT2D eigenvalue weighted by molar-refractivity contribution is 6.14. The summed E-state index contributed by atoms with van der Waals surface area (Å²) in [7, 11) is 0. The maximum atomic E-state index is 13.2. The number of amides is 1. The molecule has 0 saturated carbocycles. The molecule has 122 valence electrons. The first kappa shape index (κ1) is 15.7. The van der Waals surface area contributed by atoms with E-state index >= 15 is 0 Å². The molecule has 3 aromatic rings. The minimum Gasteiger partial charge on any atom is -0.462 e. The number of benzene rings is 2. The summed E-state index contributed by atoms with van der Waals surface area (Å²) in [4.78, 5) is 27.4. The van der Waals surface area contributed by atoms with Crippen molar-refractivity contribution in [1.82, 2.24) is 4.98 Å². The van der Waals surface area contributed by atoms with Gasteiger partial charge in [-0.2, -0.15) is 0 Å². The molecule has 0 bridgehead atoms. The first-order chi connectivity index (χ1) is 11.6. The number of carbonyl (C=O) groups is 2. The van der Waals surface area contributed by atoms with E-state index in [0.717, 1.165) is 0 Å². The summed E-state index contributed by atoms with van der Waals surface area (Å²) in [6.45, 7) is 1.96. The Kier molecular flexibility index (Phi) is 4.29. The molecule has 6 heteroatoms. The lowest BCUT2D eigenvalue weighted by Gasteiger charge is -2.10. The number of anilines is 1. The number of aromatic nitrogens is 1. The van der Waals surface area contributed by atoms with Crippen molar-refractivity contribution in [2.75, 3.05) is 11.9 Å². The minimum atomic E-state index is -0.505. The van der Waals surface area contributed by atoms with E-state index < -0.39 is 11.9 Å². The Morgan fingerprint density at radius 2 is 1.96 bits per heavy atom. The van der Waals surface area contributed by atoms with Crippen molar-refractivity contribution in [2.45, 2.75) is 6.92 Å². The number of rotatable bonds is 4. The van der Waals surface area contributed by atoms with Crippen LogP contribution in [-0.2, 0) is 4.74 Å². The largest absolute Gasteiger partial charge is 0.462 e. The fourth-order valence-corrected chi connectivity index (χ4v) is 2.45. The predicted molar refractivity (Wildman–Crippen MR) is 88.6 cm³/mol. The molecule has 3 rings (SSSR count). The highest BCUT2D eigenvalue weighted by Gasteiger charge is 2.17. The van der Waals surface area contributed by atoms with E-state index in [1.165, 1.54) is 24.4 Å². The summed E-state index contributed by atoms with van der Waals surface area (Å²) >= 11 is 0. The van der Waals surface area contributed by atoms with Crippen molar-refractivity contribution in [1.29, 1.82) is 0 Å². The Bertz CT molecular complexity index is 918. The zero-order valence-corrected chi connectivity index (χ0v) is 12.9. The summed E-state index contributed by atoms with van der Waals surface area (Å²) in [5.74, 6) is -1.29. The van der Waals surface area contributed by atoms with Crippen molar-refractivity contribution in [3.05, 3.63) is 65.6 Å². The number of para-hydroxylation sites is 1. The summed E-state index contributed by atoms with van der Waals surface area (Å²) < 4.78 is 18.2. The van der Waals surface area contributed by atoms with Gasteiger partial charge in [-0.3, -0.25) is 4.79 Å². The van der Waals surface area contributed by atoms with Gasteiger partial charge in [0.25, 0.3) is 5.91 Å². The van der Waals surface area contributed by atoms with Gasteiger partial charge in [-0.25, -0.2) is 9.18 Å². The maximum absolute atomic E-state index is 13.2. The van der Waals surface area contributed by atoms with Crippen molar-refractivity contribution < 1.29 is 18.7 Å². The molecule has 0 spiro atoms. The fourth-order valence-electron chi connectivity index (χ4n) is 2.45. The van der Waals surface area contributed by atoms with Crippen LogP contribution in [0, 0.1) is 5.82 Å². The van der Waals surface area contributed by atoms with Gasteiger partial charge in [0.15, 0.2) is 0 Å². The van der Waals surface area contributed by atoms with Crippen LogP contribution in [0.5, 0.6) is 0 Å². The Balaban J connectivity index is 1.91. The monoisotopic (exact) mass is 326 g/mol. The highest BCUT2D eigenvalue weighted by atomic mass is 19.1. The number of fused-ring (bicyclic) bond motifs is 1. The van der Waals surface area contributed by atoms with Gasteiger partial charge < -0.3 is 15.0 Å². The van der Waals surface area contributed by atoms with Gasteiger partial charge in [0.05, 0.1) is 23.4 Å². The van der Waals surface area contributed by atoms with Crippen molar-refractivity contribution in [2.24, 2.45) is 0 Å². The maximum Gasteiger partial charge on any atom is 0.340 e. The van der Waals surface area contributed by atoms with Crippen LogP contribution < -0.4 is 5.32 Å².